The van der Waals surface area contributed by atoms with Gasteiger partial charge in [-0.25, -0.2) is 0 Å². The van der Waals surface area contributed by atoms with Crippen molar-refractivity contribution in [1.29, 1.82) is 0 Å². The Bertz CT molecular complexity index is 385. The highest BCUT2D eigenvalue weighted by atomic mass is 16.5. The largest absolute Gasteiger partial charge is 0.496 e. The highest BCUT2D eigenvalue weighted by molar-refractivity contribution is 5.49. The molecule has 2 N–H and O–H groups in total. The van der Waals surface area contributed by atoms with Gasteiger partial charge in [-0.3, -0.25) is 0 Å². The second-order valence-electron chi connectivity index (χ2n) is 5.03. The van der Waals surface area contributed by atoms with Crippen molar-refractivity contribution < 1.29 is 4.74 Å². The van der Waals surface area contributed by atoms with Crippen LogP contribution in [-0.4, -0.2) is 13.7 Å². The molecule has 0 aromatic heterocycles. The van der Waals surface area contributed by atoms with Crippen molar-refractivity contribution in [3.05, 3.63) is 28.3 Å². The highest BCUT2D eigenvalue weighted by Crippen LogP contribution is 2.30. The average Bonchev–Trinajstić information content (AvgIpc) is 2.31. The van der Waals surface area contributed by atoms with Gasteiger partial charge in [-0.15, -0.1) is 0 Å². The van der Waals surface area contributed by atoms with Gasteiger partial charge in [0.05, 0.1) is 7.11 Å². The Hall–Kier alpha value is -1.02. The summed E-state index contributed by atoms with van der Waals surface area (Å²) in [6.07, 6.45) is 2.17. The Kier molecular flexibility index (Phi) is 5.01. The van der Waals surface area contributed by atoms with Crippen LogP contribution in [0.25, 0.3) is 0 Å². The van der Waals surface area contributed by atoms with Crippen LogP contribution in [0.4, 0.5) is 0 Å². The second-order valence-corrected chi connectivity index (χ2v) is 5.03. The van der Waals surface area contributed by atoms with Crippen LogP contribution in [0, 0.1) is 26.7 Å². The molecule has 0 bridgehead atoms. The van der Waals surface area contributed by atoms with Crippen LogP contribution >= 0.6 is 0 Å². The van der Waals surface area contributed by atoms with Crippen molar-refractivity contribution in [1.82, 2.24) is 0 Å². The molecule has 0 aliphatic carbocycles. The maximum absolute atomic E-state index is 5.67. The predicted octanol–water partition coefficient (Wildman–Crippen LogP) is 3.15. The van der Waals surface area contributed by atoms with Gasteiger partial charge in [0.15, 0.2) is 0 Å². The summed E-state index contributed by atoms with van der Waals surface area (Å²) in [6.45, 7) is 9.38. The molecule has 0 saturated heterocycles. The SMILES string of the molecule is COc1c(C)c(C)cc(C)c1CCC(C)CN. The van der Waals surface area contributed by atoms with E-state index in [-0.39, 0.29) is 0 Å². The minimum Gasteiger partial charge on any atom is -0.496 e. The molecule has 0 amide bonds. The molecule has 96 valence electrons. The molecular formula is C15H25NO. The van der Waals surface area contributed by atoms with E-state index >= 15 is 0 Å². The number of ether oxygens (including phenoxy) is 1. The maximum Gasteiger partial charge on any atom is 0.125 e. The minimum absolute atomic E-state index is 0.570. The zero-order valence-electron chi connectivity index (χ0n) is 11.8. The quantitative estimate of drug-likeness (QED) is 0.851. The molecule has 2 nitrogen and oxygen atoms in total. The van der Waals surface area contributed by atoms with Gasteiger partial charge in [-0.05, 0) is 68.3 Å². The molecule has 17 heavy (non-hydrogen) atoms. The van der Waals surface area contributed by atoms with Gasteiger partial charge in [0.2, 0.25) is 0 Å². The first-order chi connectivity index (χ1) is 8.01. The van der Waals surface area contributed by atoms with E-state index in [0.29, 0.717) is 5.92 Å². The molecule has 0 saturated carbocycles. The predicted molar refractivity (Wildman–Crippen MR) is 73.7 cm³/mol. The van der Waals surface area contributed by atoms with Crippen molar-refractivity contribution in [3.8, 4) is 5.75 Å². The first-order valence-electron chi connectivity index (χ1n) is 6.35. The van der Waals surface area contributed by atoms with Crippen LogP contribution in [0.2, 0.25) is 0 Å². The fourth-order valence-corrected chi connectivity index (χ4v) is 2.20. The van der Waals surface area contributed by atoms with E-state index in [1.54, 1.807) is 7.11 Å². The first-order valence-corrected chi connectivity index (χ1v) is 6.35. The fourth-order valence-electron chi connectivity index (χ4n) is 2.20. The van der Waals surface area contributed by atoms with Crippen LogP contribution in [0.15, 0.2) is 6.07 Å². The molecule has 0 spiro atoms. The third-order valence-corrected chi connectivity index (χ3v) is 3.61. The molecule has 1 aromatic rings. The van der Waals surface area contributed by atoms with E-state index in [1.165, 1.54) is 22.3 Å². The summed E-state index contributed by atoms with van der Waals surface area (Å²) in [4.78, 5) is 0. The minimum atomic E-state index is 0.570. The summed E-state index contributed by atoms with van der Waals surface area (Å²) in [5, 5.41) is 0. The van der Waals surface area contributed by atoms with Crippen molar-refractivity contribution in [2.45, 2.75) is 40.5 Å². The first kappa shape index (κ1) is 14.0. The van der Waals surface area contributed by atoms with Crippen LogP contribution in [0.1, 0.15) is 35.6 Å². The molecule has 0 aliphatic heterocycles. The summed E-state index contributed by atoms with van der Waals surface area (Å²) in [5.74, 6) is 1.63. The summed E-state index contributed by atoms with van der Waals surface area (Å²) in [6, 6.07) is 2.25. The number of rotatable bonds is 5. The lowest BCUT2D eigenvalue weighted by Gasteiger charge is -2.17. The number of hydrogen-bond acceptors (Lipinski definition) is 2. The molecule has 1 aromatic carbocycles. The summed E-state index contributed by atoms with van der Waals surface area (Å²) in [7, 11) is 1.76. The Morgan fingerprint density at radius 2 is 1.88 bits per heavy atom. The third-order valence-electron chi connectivity index (χ3n) is 3.61. The van der Waals surface area contributed by atoms with Crippen LogP contribution in [0.5, 0.6) is 5.75 Å². The molecule has 1 atom stereocenters. The van der Waals surface area contributed by atoms with E-state index in [9.17, 15) is 0 Å². The number of benzene rings is 1. The molecule has 0 aliphatic rings. The number of hydrogen-bond donors (Lipinski definition) is 1. The van der Waals surface area contributed by atoms with Crippen molar-refractivity contribution in [3.63, 3.8) is 0 Å². The van der Waals surface area contributed by atoms with Crippen molar-refractivity contribution >= 4 is 0 Å². The Labute approximate surface area is 105 Å². The number of aryl methyl sites for hydroxylation is 2. The van der Waals surface area contributed by atoms with Gasteiger partial charge < -0.3 is 10.5 Å². The van der Waals surface area contributed by atoms with Crippen molar-refractivity contribution in [2.75, 3.05) is 13.7 Å². The fraction of sp³-hybridized carbons (Fsp3) is 0.600. The van der Waals surface area contributed by atoms with Crippen LogP contribution in [0.3, 0.4) is 0 Å². The van der Waals surface area contributed by atoms with Crippen molar-refractivity contribution in [2.24, 2.45) is 11.7 Å². The highest BCUT2D eigenvalue weighted by Gasteiger charge is 2.13. The van der Waals surface area contributed by atoms with Crippen LogP contribution in [-0.2, 0) is 6.42 Å². The van der Waals surface area contributed by atoms with Gasteiger partial charge >= 0.3 is 0 Å². The van der Waals surface area contributed by atoms with Gasteiger partial charge in [0.25, 0.3) is 0 Å². The molecule has 0 fully saturated rings. The maximum atomic E-state index is 5.67. The summed E-state index contributed by atoms with van der Waals surface area (Å²) >= 11 is 0. The topological polar surface area (TPSA) is 35.2 Å². The molecule has 1 unspecified atom stereocenters. The molecule has 1 rings (SSSR count). The number of methoxy groups -OCH3 is 1. The Balaban J connectivity index is 3.01. The average molecular weight is 235 g/mol. The molecule has 0 heterocycles. The van der Waals surface area contributed by atoms with Gasteiger partial charge in [0.1, 0.15) is 5.75 Å². The van der Waals surface area contributed by atoms with E-state index < -0.39 is 0 Å². The zero-order chi connectivity index (χ0) is 13.0. The molecular weight excluding hydrogens is 210 g/mol. The lowest BCUT2D eigenvalue weighted by molar-refractivity contribution is 0.403. The van der Waals surface area contributed by atoms with E-state index in [4.69, 9.17) is 10.5 Å². The van der Waals surface area contributed by atoms with Gasteiger partial charge in [-0.2, -0.15) is 0 Å². The molecule has 0 radical (unpaired) electrons. The lowest BCUT2D eigenvalue weighted by atomic mass is 9.93. The standard InChI is InChI=1S/C15H25NO/c1-10(9-16)6-7-14-12(3)8-11(2)13(4)15(14)17-5/h8,10H,6-7,9,16H2,1-5H3. The zero-order valence-corrected chi connectivity index (χ0v) is 11.8. The Morgan fingerprint density at radius 3 is 2.41 bits per heavy atom. The monoisotopic (exact) mass is 235 g/mol. The van der Waals surface area contributed by atoms with E-state index in [2.05, 4.69) is 33.8 Å². The Morgan fingerprint density at radius 1 is 1.24 bits per heavy atom. The van der Waals surface area contributed by atoms with Crippen LogP contribution < -0.4 is 10.5 Å². The summed E-state index contributed by atoms with van der Waals surface area (Å²) in [5.41, 5.74) is 10.9. The molecule has 2 heteroatoms. The number of nitrogens with two attached hydrogens (primary N) is 1. The smallest absolute Gasteiger partial charge is 0.125 e. The lowest BCUT2D eigenvalue weighted by Crippen LogP contribution is -2.12. The summed E-state index contributed by atoms with van der Waals surface area (Å²) < 4.78 is 5.57. The third kappa shape index (κ3) is 3.22. The van der Waals surface area contributed by atoms with Gasteiger partial charge in [0, 0.05) is 0 Å². The van der Waals surface area contributed by atoms with Gasteiger partial charge in [-0.1, -0.05) is 13.0 Å². The van der Waals surface area contributed by atoms with E-state index in [1.807, 2.05) is 0 Å². The normalized spacial score (nSPS) is 12.6. The second kappa shape index (κ2) is 6.06. The van der Waals surface area contributed by atoms with E-state index in [0.717, 1.165) is 25.1 Å².